The number of nitrogens with one attached hydrogen (secondary N) is 1. The summed E-state index contributed by atoms with van der Waals surface area (Å²) in [6.45, 7) is 5.14. The molecule has 6 nitrogen and oxygen atoms in total. The molecular formula is C11H15F6NO5Si. The van der Waals surface area contributed by atoms with E-state index in [4.69, 9.17) is 4.43 Å². The van der Waals surface area contributed by atoms with E-state index >= 15 is 0 Å². The van der Waals surface area contributed by atoms with Gasteiger partial charge in [-0.1, -0.05) is 0 Å². The minimum Gasteiger partial charge on any atom is -0.518 e. The average Bonchev–Trinajstić information content (AvgIpc) is 2.30. The second-order valence-corrected chi connectivity index (χ2v) is 10.0. The number of carbonyl (C=O) groups excluding carboxylic acids is 3. The Kier molecular flexibility index (Phi) is 6.85. The fourth-order valence-electron chi connectivity index (χ4n) is 1.26. The lowest BCUT2D eigenvalue weighted by molar-refractivity contribution is -0.206. The third-order valence-corrected chi connectivity index (χ3v) is 3.01. The summed E-state index contributed by atoms with van der Waals surface area (Å²) >= 11 is 0. The van der Waals surface area contributed by atoms with Crippen molar-refractivity contribution in [2.24, 2.45) is 0 Å². The zero-order valence-electron chi connectivity index (χ0n) is 13.0. The van der Waals surface area contributed by atoms with Crippen LogP contribution in [0.4, 0.5) is 26.3 Å². The van der Waals surface area contributed by atoms with Crippen LogP contribution in [0.5, 0.6) is 0 Å². The van der Waals surface area contributed by atoms with E-state index < -0.39 is 50.7 Å². The number of rotatable bonds is 5. The SMILES string of the molecule is C[C@@H](OC(=O)C(F)(F)F)[C@H](NC(=O)C(F)(F)F)C(=O)O[Si](C)(C)C. The minimum atomic E-state index is -5.42. The van der Waals surface area contributed by atoms with E-state index in [1.54, 1.807) is 0 Å². The first kappa shape index (κ1) is 22.2. The van der Waals surface area contributed by atoms with Crippen LogP contribution in [0.25, 0.3) is 0 Å². The molecule has 0 aliphatic heterocycles. The van der Waals surface area contributed by atoms with Crippen molar-refractivity contribution in [3.05, 3.63) is 0 Å². The van der Waals surface area contributed by atoms with Crippen LogP contribution in [0.2, 0.25) is 19.6 Å². The third-order valence-electron chi connectivity index (χ3n) is 2.20. The lowest BCUT2D eigenvalue weighted by Gasteiger charge is -2.27. The average molecular weight is 383 g/mol. The van der Waals surface area contributed by atoms with E-state index in [0.29, 0.717) is 0 Å². The van der Waals surface area contributed by atoms with Gasteiger partial charge in [-0.05, 0) is 26.6 Å². The molecule has 0 rings (SSSR count). The van der Waals surface area contributed by atoms with Crippen molar-refractivity contribution in [1.29, 1.82) is 0 Å². The van der Waals surface area contributed by atoms with Crippen molar-refractivity contribution in [2.75, 3.05) is 0 Å². The minimum absolute atomic E-state index is 0.719. The third kappa shape index (κ3) is 7.65. The van der Waals surface area contributed by atoms with E-state index in [1.165, 1.54) is 25.0 Å². The number of hydrogen-bond donors (Lipinski definition) is 1. The summed E-state index contributed by atoms with van der Waals surface area (Å²) in [4.78, 5) is 33.5. The predicted molar refractivity (Wildman–Crippen MR) is 69.0 cm³/mol. The first-order chi connectivity index (χ1) is 10.4. The van der Waals surface area contributed by atoms with Gasteiger partial charge < -0.3 is 14.5 Å². The van der Waals surface area contributed by atoms with Gasteiger partial charge in [0.15, 0.2) is 6.04 Å². The number of esters is 1. The monoisotopic (exact) mass is 383 g/mol. The molecule has 0 aromatic carbocycles. The lowest BCUT2D eigenvalue weighted by atomic mass is 10.2. The van der Waals surface area contributed by atoms with Crippen molar-refractivity contribution in [3.8, 4) is 0 Å². The second kappa shape index (κ2) is 7.40. The van der Waals surface area contributed by atoms with Crippen molar-refractivity contribution >= 4 is 26.2 Å². The fourth-order valence-corrected chi connectivity index (χ4v) is 1.99. The Labute approximate surface area is 133 Å². The molecule has 0 unspecified atom stereocenters. The molecule has 0 aromatic rings. The summed E-state index contributed by atoms with van der Waals surface area (Å²) in [6, 6.07) is -2.25. The predicted octanol–water partition coefficient (Wildman–Crippen LogP) is 1.91. The van der Waals surface area contributed by atoms with Crippen molar-refractivity contribution < 1.29 is 49.9 Å². The molecule has 0 aromatic heterocycles. The van der Waals surface area contributed by atoms with Gasteiger partial charge in [-0.3, -0.25) is 9.59 Å². The Morgan fingerprint density at radius 2 is 1.42 bits per heavy atom. The van der Waals surface area contributed by atoms with Gasteiger partial charge in [-0.25, -0.2) is 4.79 Å². The van der Waals surface area contributed by atoms with Crippen molar-refractivity contribution in [1.82, 2.24) is 5.32 Å². The van der Waals surface area contributed by atoms with Crippen LogP contribution in [-0.2, 0) is 23.5 Å². The van der Waals surface area contributed by atoms with Gasteiger partial charge >= 0.3 is 30.2 Å². The molecule has 0 aliphatic rings. The highest BCUT2D eigenvalue weighted by Gasteiger charge is 2.46. The van der Waals surface area contributed by atoms with Gasteiger partial charge in [0.1, 0.15) is 6.10 Å². The number of alkyl halides is 6. The standard InChI is InChI=1S/C11H15F6NO5Si/c1-5(22-9(21)11(15,16)17)6(7(19)23-24(2,3)4)18-8(20)10(12,13)14/h5-6H,1-4H3,(H,18,20)/t5-,6+/m1/s1. The maximum atomic E-state index is 12.3. The van der Waals surface area contributed by atoms with Crippen molar-refractivity contribution in [2.45, 2.75) is 51.1 Å². The zero-order chi connectivity index (χ0) is 19.5. The van der Waals surface area contributed by atoms with E-state index in [1.807, 2.05) is 0 Å². The first-order valence-corrected chi connectivity index (χ1v) is 9.74. The zero-order valence-corrected chi connectivity index (χ0v) is 14.0. The Bertz CT molecular complexity index is 499. The molecule has 0 radical (unpaired) electrons. The molecule has 0 heterocycles. The number of amides is 1. The fraction of sp³-hybridized carbons (Fsp3) is 0.727. The normalized spacial score (nSPS) is 15.2. The molecule has 0 aliphatic carbocycles. The van der Waals surface area contributed by atoms with Gasteiger partial charge in [0.05, 0.1) is 0 Å². The van der Waals surface area contributed by atoms with Crippen LogP contribution in [0.15, 0.2) is 0 Å². The van der Waals surface area contributed by atoms with Crippen LogP contribution in [0, 0.1) is 0 Å². The van der Waals surface area contributed by atoms with E-state index in [-0.39, 0.29) is 0 Å². The Balaban J connectivity index is 5.35. The van der Waals surface area contributed by atoms with Gasteiger partial charge in [0.25, 0.3) is 0 Å². The van der Waals surface area contributed by atoms with E-state index in [0.717, 1.165) is 6.92 Å². The Morgan fingerprint density at radius 3 is 1.75 bits per heavy atom. The highest BCUT2D eigenvalue weighted by atomic mass is 28.4. The Morgan fingerprint density at radius 1 is 0.958 bits per heavy atom. The quantitative estimate of drug-likeness (QED) is 0.446. The van der Waals surface area contributed by atoms with Gasteiger partial charge in [0.2, 0.25) is 8.32 Å². The largest absolute Gasteiger partial charge is 0.518 e. The van der Waals surface area contributed by atoms with Gasteiger partial charge in [-0.2, -0.15) is 26.3 Å². The van der Waals surface area contributed by atoms with Gasteiger partial charge in [0, 0.05) is 0 Å². The molecule has 140 valence electrons. The maximum absolute atomic E-state index is 12.3. The Hall–Kier alpha value is -1.79. The molecule has 13 heteroatoms. The molecule has 0 spiro atoms. The summed E-state index contributed by atoms with van der Waals surface area (Å²) in [6.07, 6.45) is -12.9. The topological polar surface area (TPSA) is 81.7 Å². The van der Waals surface area contributed by atoms with Crippen LogP contribution in [0.1, 0.15) is 6.92 Å². The molecule has 2 atom stereocenters. The highest BCUT2D eigenvalue weighted by Crippen LogP contribution is 2.20. The highest BCUT2D eigenvalue weighted by molar-refractivity contribution is 6.71. The first-order valence-electron chi connectivity index (χ1n) is 6.33. The second-order valence-electron chi connectivity index (χ2n) is 5.59. The van der Waals surface area contributed by atoms with E-state index in [9.17, 15) is 40.7 Å². The molecule has 24 heavy (non-hydrogen) atoms. The molecule has 0 fully saturated rings. The van der Waals surface area contributed by atoms with Crippen LogP contribution >= 0.6 is 0 Å². The number of carbonyl (C=O) groups is 3. The molecular weight excluding hydrogens is 368 g/mol. The maximum Gasteiger partial charge on any atom is 0.490 e. The summed E-state index contributed by atoms with van der Waals surface area (Å²) in [7, 11) is -2.65. The molecule has 1 amide bonds. The number of ether oxygens (including phenoxy) is 1. The summed E-state index contributed by atoms with van der Waals surface area (Å²) in [5.74, 6) is -6.74. The van der Waals surface area contributed by atoms with Crippen LogP contribution < -0.4 is 5.32 Å². The smallest absolute Gasteiger partial charge is 0.490 e. The lowest BCUT2D eigenvalue weighted by Crippen LogP contribution is -2.55. The molecule has 0 bridgehead atoms. The number of halogens is 6. The molecule has 0 saturated carbocycles. The summed E-state index contributed by atoms with van der Waals surface area (Å²) in [5.41, 5.74) is 0. The summed E-state index contributed by atoms with van der Waals surface area (Å²) < 4.78 is 82.0. The van der Waals surface area contributed by atoms with Crippen LogP contribution in [-0.4, -0.2) is 50.7 Å². The van der Waals surface area contributed by atoms with Crippen molar-refractivity contribution in [3.63, 3.8) is 0 Å². The van der Waals surface area contributed by atoms with E-state index in [2.05, 4.69) is 4.74 Å². The van der Waals surface area contributed by atoms with Crippen LogP contribution in [0.3, 0.4) is 0 Å². The number of hydrogen-bond acceptors (Lipinski definition) is 5. The van der Waals surface area contributed by atoms with Gasteiger partial charge in [-0.15, -0.1) is 0 Å². The molecule has 1 N–H and O–H groups in total. The molecule has 0 saturated heterocycles. The summed E-state index contributed by atoms with van der Waals surface area (Å²) in [5, 5.41) is 1.18.